The number of aromatic nitrogens is 1. The van der Waals surface area contributed by atoms with Gasteiger partial charge in [-0.2, -0.15) is 5.26 Å². The molecule has 6 heteroatoms. The summed E-state index contributed by atoms with van der Waals surface area (Å²) in [5, 5.41) is 10.4. The van der Waals surface area contributed by atoms with Crippen LogP contribution >= 0.6 is 0 Å². The molecule has 3 aromatic rings. The van der Waals surface area contributed by atoms with Crippen LogP contribution in [0.15, 0.2) is 48.5 Å². The Kier molecular flexibility index (Phi) is 7.93. The predicted molar refractivity (Wildman–Crippen MR) is 125 cm³/mol. The van der Waals surface area contributed by atoms with Gasteiger partial charge in [0.1, 0.15) is 0 Å². The minimum absolute atomic E-state index is 0.261. The van der Waals surface area contributed by atoms with Crippen molar-refractivity contribution in [3.05, 3.63) is 65.2 Å². The number of hydrogen-bond donors (Lipinski definition) is 0. The SMILES string of the molecule is CCN(CCOC)Cc1cc(-c2ccc(C(C)C(=O)OC)cc2)nc2cc(C#N)ccc12. The van der Waals surface area contributed by atoms with Crippen molar-refractivity contribution in [3.8, 4) is 17.3 Å². The lowest BCUT2D eigenvalue weighted by molar-refractivity contribution is -0.141. The zero-order valence-corrected chi connectivity index (χ0v) is 19.1. The Balaban J connectivity index is 2.03. The van der Waals surface area contributed by atoms with Gasteiger partial charge in [-0.25, -0.2) is 4.98 Å². The van der Waals surface area contributed by atoms with E-state index in [-0.39, 0.29) is 11.9 Å². The molecule has 1 atom stereocenters. The van der Waals surface area contributed by atoms with Gasteiger partial charge in [0.05, 0.1) is 42.5 Å². The Hall–Kier alpha value is -3.27. The third kappa shape index (κ3) is 5.31. The largest absolute Gasteiger partial charge is 0.469 e. The van der Waals surface area contributed by atoms with Gasteiger partial charge in [0, 0.05) is 31.1 Å². The third-order valence-corrected chi connectivity index (χ3v) is 5.74. The standard InChI is InChI=1S/C26H29N3O3/c1-5-29(12-13-31-3)17-22-15-24(28-25-14-19(16-27)6-11-23(22)25)21-9-7-20(8-10-21)18(2)26(30)32-4/h6-11,14-15,18H,5,12-13,17H2,1-4H3. The maximum Gasteiger partial charge on any atom is 0.312 e. The Morgan fingerprint density at radius 1 is 1.16 bits per heavy atom. The van der Waals surface area contributed by atoms with Crippen LogP contribution in [0.5, 0.6) is 0 Å². The number of benzene rings is 2. The Labute approximate surface area is 189 Å². The summed E-state index contributed by atoms with van der Waals surface area (Å²) in [7, 11) is 3.11. The minimum Gasteiger partial charge on any atom is -0.469 e. The van der Waals surface area contributed by atoms with E-state index in [9.17, 15) is 10.1 Å². The van der Waals surface area contributed by atoms with Gasteiger partial charge in [0.2, 0.25) is 0 Å². The molecule has 1 heterocycles. The number of fused-ring (bicyclic) bond motifs is 1. The first-order valence-electron chi connectivity index (χ1n) is 10.7. The van der Waals surface area contributed by atoms with Crippen LogP contribution < -0.4 is 0 Å². The zero-order chi connectivity index (χ0) is 23.1. The molecule has 0 bridgehead atoms. The molecule has 1 unspecified atom stereocenters. The summed E-state index contributed by atoms with van der Waals surface area (Å²) < 4.78 is 10.1. The van der Waals surface area contributed by atoms with Crippen molar-refractivity contribution < 1.29 is 14.3 Å². The van der Waals surface area contributed by atoms with Gasteiger partial charge in [-0.3, -0.25) is 9.69 Å². The topological polar surface area (TPSA) is 75.4 Å². The summed E-state index contributed by atoms with van der Waals surface area (Å²) in [5.74, 6) is -0.588. The van der Waals surface area contributed by atoms with E-state index >= 15 is 0 Å². The first-order valence-corrected chi connectivity index (χ1v) is 10.7. The molecular formula is C26H29N3O3. The highest BCUT2D eigenvalue weighted by Crippen LogP contribution is 2.28. The van der Waals surface area contributed by atoms with Gasteiger partial charge in [0.15, 0.2) is 0 Å². The van der Waals surface area contributed by atoms with Crippen LogP contribution in [0.25, 0.3) is 22.2 Å². The maximum atomic E-state index is 11.9. The molecule has 0 saturated carbocycles. The van der Waals surface area contributed by atoms with Crippen LogP contribution in [-0.4, -0.2) is 49.8 Å². The molecule has 3 rings (SSSR count). The van der Waals surface area contributed by atoms with Gasteiger partial charge in [-0.05, 0) is 42.8 Å². The van der Waals surface area contributed by atoms with E-state index in [0.29, 0.717) is 12.2 Å². The molecule has 0 saturated heterocycles. The number of hydrogen-bond acceptors (Lipinski definition) is 6. The van der Waals surface area contributed by atoms with E-state index in [2.05, 4.69) is 24.0 Å². The Morgan fingerprint density at radius 2 is 1.91 bits per heavy atom. The van der Waals surface area contributed by atoms with Gasteiger partial charge in [-0.15, -0.1) is 0 Å². The van der Waals surface area contributed by atoms with E-state index < -0.39 is 0 Å². The second kappa shape index (κ2) is 10.9. The number of pyridine rings is 1. The molecule has 0 spiro atoms. The summed E-state index contributed by atoms with van der Waals surface area (Å²) in [5.41, 5.74) is 5.22. The number of esters is 1. The number of ether oxygens (including phenoxy) is 2. The highest BCUT2D eigenvalue weighted by Gasteiger charge is 2.16. The lowest BCUT2D eigenvalue weighted by Gasteiger charge is -2.21. The van der Waals surface area contributed by atoms with Crippen molar-refractivity contribution in [2.45, 2.75) is 26.3 Å². The molecule has 1 aromatic heterocycles. The van der Waals surface area contributed by atoms with Crippen LogP contribution in [-0.2, 0) is 20.8 Å². The highest BCUT2D eigenvalue weighted by molar-refractivity contribution is 5.86. The number of rotatable bonds is 9. The molecule has 166 valence electrons. The van der Waals surface area contributed by atoms with Crippen molar-refractivity contribution in [2.75, 3.05) is 33.9 Å². The lowest BCUT2D eigenvalue weighted by atomic mass is 9.98. The van der Waals surface area contributed by atoms with Crippen LogP contribution in [0.2, 0.25) is 0 Å². The van der Waals surface area contributed by atoms with Crippen molar-refractivity contribution >= 4 is 16.9 Å². The van der Waals surface area contributed by atoms with Gasteiger partial charge in [-0.1, -0.05) is 37.3 Å². The predicted octanol–water partition coefficient (Wildman–Crippen LogP) is 4.52. The molecular weight excluding hydrogens is 402 g/mol. The molecule has 0 radical (unpaired) electrons. The fourth-order valence-electron chi connectivity index (χ4n) is 3.71. The van der Waals surface area contributed by atoms with E-state index in [1.807, 2.05) is 49.4 Å². The van der Waals surface area contributed by atoms with Gasteiger partial charge in [0.25, 0.3) is 0 Å². The third-order valence-electron chi connectivity index (χ3n) is 5.74. The summed E-state index contributed by atoms with van der Waals surface area (Å²) in [6, 6.07) is 17.8. The number of carbonyl (C=O) groups is 1. The Bertz CT molecular complexity index is 1120. The monoisotopic (exact) mass is 431 g/mol. The maximum absolute atomic E-state index is 11.9. The summed E-state index contributed by atoms with van der Waals surface area (Å²) in [6.07, 6.45) is 0. The van der Waals surface area contributed by atoms with E-state index in [4.69, 9.17) is 14.5 Å². The molecule has 6 nitrogen and oxygen atoms in total. The van der Waals surface area contributed by atoms with Crippen molar-refractivity contribution in [1.29, 1.82) is 5.26 Å². The fraction of sp³-hybridized carbons (Fsp3) is 0.346. The smallest absolute Gasteiger partial charge is 0.312 e. The van der Waals surface area contributed by atoms with Crippen molar-refractivity contribution in [1.82, 2.24) is 9.88 Å². The van der Waals surface area contributed by atoms with Gasteiger partial charge < -0.3 is 9.47 Å². The molecule has 0 N–H and O–H groups in total. The number of likely N-dealkylation sites (N-methyl/N-ethyl adjacent to an activating group) is 1. The number of nitriles is 1. The molecule has 0 fully saturated rings. The first kappa shape index (κ1) is 23.4. The summed E-state index contributed by atoms with van der Waals surface area (Å²) in [4.78, 5) is 19.0. The van der Waals surface area contributed by atoms with Gasteiger partial charge >= 0.3 is 5.97 Å². The number of carbonyl (C=O) groups excluding carboxylic acids is 1. The van der Waals surface area contributed by atoms with Crippen molar-refractivity contribution in [2.24, 2.45) is 0 Å². The van der Waals surface area contributed by atoms with Crippen LogP contribution in [0, 0.1) is 11.3 Å². The molecule has 0 aliphatic carbocycles. The lowest BCUT2D eigenvalue weighted by Crippen LogP contribution is -2.26. The second-order valence-corrected chi connectivity index (χ2v) is 7.74. The van der Waals surface area contributed by atoms with E-state index in [1.165, 1.54) is 7.11 Å². The van der Waals surface area contributed by atoms with E-state index in [0.717, 1.165) is 52.9 Å². The molecule has 32 heavy (non-hydrogen) atoms. The molecule has 0 amide bonds. The summed E-state index contributed by atoms with van der Waals surface area (Å²) >= 11 is 0. The van der Waals surface area contributed by atoms with Crippen LogP contribution in [0.4, 0.5) is 0 Å². The van der Waals surface area contributed by atoms with Crippen molar-refractivity contribution in [3.63, 3.8) is 0 Å². The minimum atomic E-state index is -0.328. The molecule has 0 aliphatic heterocycles. The quantitative estimate of drug-likeness (QED) is 0.464. The van der Waals surface area contributed by atoms with E-state index in [1.54, 1.807) is 7.11 Å². The fourth-order valence-corrected chi connectivity index (χ4v) is 3.71. The first-order chi connectivity index (χ1) is 15.5. The molecule has 2 aromatic carbocycles. The Morgan fingerprint density at radius 3 is 2.53 bits per heavy atom. The average molecular weight is 432 g/mol. The number of methoxy groups -OCH3 is 2. The number of nitrogens with zero attached hydrogens (tertiary/aromatic N) is 3. The molecule has 0 aliphatic rings. The summed E-state index contributed by atoms with van der Waals surface area (Å²) in [6.45, 7) is 7.13. The zero-order valence-electron chi connectivity index (χ0n) is 19.1. The van der Waals surface area contributed by atoms with Crippen LogP contribution in [0.3, 0.4) is 0 Å². The second-order valence-electron chi connectivity index (χ2n) is 7.74. The van der Waals surface area contributed by atoms with Crippen LogP contribution in [0.1, 0.15) is 36.5 Å². The normalized spacial score (nSPS) is 12.0. The average Bonchev–Trinajstić information content (AvgIpc) is 2.84. The highest BCUT2D eigenvalue weighted by atomic mass is 16.5.